The topological polar surface area (TPSA) is 85.8 Å². The van der Waals surface area contributed by atoms with Crippen molar-refractivity contribution < 1.29 is 9.90 Å². The molecule has 0 spiro atoms. The second kappa shape index (κ2) is 4.44. The Hall–Kier alpha value is -2.70. The molecule has 0 unspecified atom stereocenters. The van der Waals surface area contributed by atoms with Crippen molar-refractivity contribution in [3.05, 3.63) is 41.2 Å². The van der Waals surface area contributed by atoms with Gasteiger partial charge in [0.15, 0.2) is 0 Å². The van der Waals surface area contributed by atoms with Gasteiger partial charge >= 0.3 is 5.97 Å². The van der Waals surface area contributed by atoms with E-state index < -0.39 is 5.97 Å². The van der Waals surface area contributed by atoms with E-state index in [1.807, 2.05) is 26.2 Å². The van der Waals surface area contributed by atoms with E-state index in [0.717, 1.165) is 11.3 Å². The molecule has 0 aliphatic carbocycles. The van der Waals surface area contributed by atoms with Gasteiger partial charge in [-0.25, -0.2) is 9.48 Å². The van der Waals surface area contributed by atoms with Crippen LogP contribution >= 0.6 is 0 Å². The van der Waals surface area contributed by atoms with Gasteiger partial charge in [-0.2, -0.15) is 5.10 Å². The molecule has 102 valence electrons. The molecule has 2 aromatic heterocycles. The highest BCUT2D eigenvalue weighted by Crippen LogP contribution is 2.17. The first-order chi connectivity index (χ1) is 9.56. The fraction of sp³-hybridized carbons (Fsp3) is 0.231. The molecule has 7 nitrogen and oxygen atoms in total. The average Bonchev–Trinajstić information content (AvgIpc) is 2.94. The van der Waals surface area contributed by atoms with Gasteiger partial charge in [0.25, 0.3) is 0 Å². The Morgan fingerprint density at radius 1 is 1.40 bits per heavy atom. The summed E-state index contributed by atoms with van der Waals surface area (Å²) in [6, 6.07) is 5.04. The molecule has 0 aliphatic rings. The Balaban J connectivity index is 2.07. The number of carboxylic acid groups (broad SMARTS) is 1. The van der Waals surface area contributed by atoms with Crippen LogP contribution < -0.4 is 0 Å². The van der Waals surface area contributed by atoms with Gasteiger partial charge in [0, 0.05) is 18.8 Å². The molecule has 0 fully saturated rings. The van der Waals surface area contributed by atoms with Gasteiger partial charge in [0.05, 0.1) is 23.3 Å². The molecule has 1 aromatic carbocycles. The van der Waals surface area contributed by atoms with Crippen LogP contribution in [0.3, 0.4) is 0 Å². The lowest BCUT2D eigenvalue weighted by molar-refractivity contribution is 0.0699. The van der Waals surface area contributed by atoms with Crippen molar-refractivity contribution in [2.24, 2.45) is 7.05 Å². The van der Waals surface area contributed by atoms with Gasteiger partial charge in [-0.05, 0) is 19.1 Å². The molecule has 2 heterocycles. The summed E-state index contributed by atoms with van der Waals surface area (Å²) >= 11 is 0. The first-order valence-electron chi connectivity index (χ1n) is 6.11. The molecule has 0 radical (unpaired) electrons. The van der Waals surface area contributed by atoms with E-state index in [1.54, 1.807) is 15.4 Å². The number of hydrogen-bond donors (Lipinski definition) is 1. The van der Waals surface area contributed by atoms with E-state index in [-0.39, 0.29) is 5.56 Å². The van der Waals surface area contributed by atoms with Crippen molar-refractivity contribution in [3.8, 4) is 0 Å². The summed E-state index contributed by atoms with van der Waals surface area (Å²) in [6.07, 6.45) is 1.92. The van der Waals surface area contributed by atoms with E-state index in [2.05, 4.69) is 15.4 Å². The largest absolute Gasteiger partial charge is 0.478 e. The van der Waals surface area contributed by atoms with Crippen molar-refractivity contribution >= 4 is 17.0 Å². The molecule has 0 saturated heterocycles. The molecule has 0 bridgehead atoms. The summed E-state index contributed by atoms with van der Waals surface area (Å²) in [5, 5.41) is 21.4. The summed E-state index contributed by atoms with van der Waals surface area (Å²) < 4.78 is 3.43. The third kappa shape index (κ3) is 1.93. The average molecular weight is 271 g/mol. The molecule has 0 aliphatic heterocycles. The van der Waals surface area contributed by atoms with Crippen LogP contribution in [-0.4, -0.2) is 35.9 Å². The molecule has 0 atom stereocenters. The zero-order valence-corrected chi connectivity index (χ0v) is 11.1. The lowest BCUT2D eigenvalue weighted by atomic mass is 10.2. The predicted molar refractivity (Wildman–Crippen MR) is 71.5 cm³/mol. The molecule has 7 heteroatoms. The first kappa shape index (κ1) is 12.3. The van der Waals surface area contributed by atoms with Crippen molar-refractivity contribution in [2.45, 2.75) is 13.5 Å². The van der Waals surface area contributed by atoms with Crippen molar-refractivity contribution in [2.75, 3.05) is 0 Å². The zero-order chi connectivity index (χ0) is 14.3. The Labute approximate surface area is 114 Å². The summed E-state index contributed by atoms with van der Waals surface area (Å²) in [7, 11) is 1.86. The smallest absolute Gasteiger partial charge is 0.338 e. The van der Waals surface area contributed by atoms with Crippen LogP contribution in [0.2, 0.25) is 0 Å². The minimum atomic E-state index is -1.000. The number of aromatic carboxylic acids is 1. The van der Waals surface area contributed by atoms with E-state index in [0.29, 0.717) is 17.6 Å². The maximum Gasteiger partial charge on any atom is 0.338 e. The molecule has 0 amide bonds. The van der Waals surface area contributed by atoms with Crippen LogP contribution in [0.1, 0.15) is 21.6 Å². The Kier molecular flexibility index (Phi) is 2.74. The molecule has 20 heavy (non-hydrogen) atoms. The number of fused-ring (bicyclic) bond motifs is 1. The summed E-state index contributed by atoms with van der Waals surface area (Å²) in [5.74, 6) is -1.000. The van der Waals surface area contributed by atoms with Gasteiger partial charge in [-0.1, -0.05) is 11.3 Å². The summed E-state index contributed by atoms with van der Waals surface area (Å²) in [5.41, 5.74) is 3.22. The fourth-order valence-electron chi connectivity index (χ4n) is 2.25. The second-order valence-electron chi connectivity index (χ2n) is 4.64. The monoisotopic (exact) mass is 271 g/mol. The highest BCUT2D eigenvalue weighted by atomic mass is 16.4. The Morgan fingerprint density at radius 2 is 2.20 bits per heavy atom. The number of benzene rings is 1. The quantitative estimate of drug-likeness (QED) is 0.774. The number of nitrogens with zero attached hydrogens (tertiary/aromatic N) is 5. The van der Waals surface area contributed by atoms with Crippen LogP contribution in [0.4, 0.5) is 0 Å². The van der Waals surface area contributed by atoms with Crippen molar-refractivity contribution in [1.82, 2.24) is 24.8 Å². The van der Waals surface area contributed by atoms with Crippen LogP contribution in [0.25, 0.3) is 11.0 Å². The maximum atomic E-state index is 11.1. The third-order valence-corrected chi connectivity index (χ3v) is 3.21. The van der Waals surface area contributed by atoms with E-state index >= 15 is 0 Å². The van der Waals surface area contributed by atoms with E-state index in [9.17, 15) is 4.79 Å². The standard InChI is InChI=1S/C13H13N5O2/c1-8-9(6-17(2)15-8)7-18-11-5-3-4-10(13(19)20)12(11)14-16-18/h3-6H,7H2,1-2H3,(H,19,20). The van der Waals surface area contributed by atoms with Crippen LogP contribution in [-0.2, 0) is 13.6 Å². The third-order valence-electron chi connectivity index (χ3n) is 3.21. The van der Waals surface area contributed by atoms with Gasteiger partial charge in [0.2, 0.25) is 0 Å². The lowest BCUT2D eigenvalue weighted by Gasteiger charge is -2.01. The Morgan fingerprint density at radius 3 is 2.85 bits per heavy atom. The van der Waals surface area contributed by atoms with Gasteiger partial charge in [-0.15, -0.1) is 5.10 Å². The van der Waals surface area contributed by atoms with Crippen molar-refractivity contribution in [1.29, 1.82) is 0 Å². The van der Waals surface area contributed by atoms with Gasteiger partial charge in [0.1, 0.15) is 5.52 Å². The number of aromatic nitrogens is 5. The van der Waals surface area contributed by atoms with E-state index in [1.165, 1.54) is 6.07 Å². The van der Waals surface area contributed by atoms with Crippen LogP contribution in [0.15, 0.2) is 24.4 Å². The summed E-state index contributed by atoms with van der Waals surface area (Å²) in [4.78, 5) is 11.1. The summed E-state index contributed by atoms with van der Waals surface area (Å²) in [6.45, 7) is 2.44. The van der Waals surface area contributed by atoms with Gasteiger partial charge < -0.3 is 5.11 Å². The molecular formula is C13H13N5O2. The Bertz CT molecular complexity index is 802. The number of aryl methyl sites for hydroxylation is 2. The second-order valence-corrected chi connectivity index (χ2v) is 4.64. The number of hydrogen-bond acceptors (Lipinski definition) is 4. The number of carbonyl (C=O) groups is 1. The normalized spacial score (nSPS) is 11.1. The van der Waals surface area contributed by atoms with Gasteiger partial charge in [-0.3, -0.25) is 4.68 Å². The first-order valence-corrected chi connectivity index (χ1v) is 6.11. The number of carboxylic acids is 1. The maximum absolute atomic E-state index is 11.1. The molecular weight excluding hydrogens is 258 g/mol. The van der Waals surface area contributed by atoms with E-state index in [4.69, 9.17) is 5.11 Å². The molecule has 3 aromatic rings. The molecule has 0 saturated carbocycles. The van der Waals surface area contributed by atoms with Crippen molar-refractivity contribution in [3.63, 3.8) is 0 Å². The molecule has 3 rings (SSSR count). The minimum absolute atomic E-state index is 0.164. The zero-order valence-electron chi connectivity index (χ0n) is 11.1. The van der Waals surface area contributed by atoms with Crippen LogP contribution in [0.5, 0.6) is 0 Å². The SMILES string of the molecule is Cc1nn(C)cc1Cn1nnc2c(C(=O)O)cccc21. The number of rotatable bonds is 3. The highest BCUT2D eigenvalue weighted by molar-refractivity contribution is 6.00. The minimum Gasteiger partial charge on any atom is -0.478 e. The highest BCUT2D eigenvalue weighted by Gasteiger charge is 2.14. The molecule has 1 N–H and O–H groups in total. The predicted octanol–water partition coefficient (Wildman–Crippen LogP) is 1.22. The van der Waals surface area contributed by atoms with Crippen LogP contribution in [0, 0.1) is 6.92 Å². The fourth-order valence-corrected chi connectivity index (χ4v) is 2.25. The lowest BCUT2D eigenvalue weighted by Crippen LogP contribution is -2.02.